The summed E-state index contributed by atoms with van der Waals surface area (Å²) in [4.78, 5) is 39.6. The molecule has 3 aromatic rings. The topological polar surface area (TPSA) is 127 Å². The van der Waals surface area contributed by atoms with Gasteiger partial charge < -0.3 is 4.90 Å². The molecule has 0 atom stereocenters. The number of nitro benzene ring substituents is 1. The van der Waals surface area contributed by atoms with Crippen LogP contribution in [0, 0.1) is 10.1 Å². The van der Waals surface area contributed by atoms with Crippen LogP contribution >= 0.6 is 23.1 Å². The van der Waals surface area contributed by atoms with Gasteiger partial charge in [-0.1, -0.05) is 24.3 Å². The number of benzene rings is 2. The molecule has 1 aliphatic heterocycles. The molecular weight excluding hydrogens is 522 g/mol. The summed E-state index contributed by atoms with van der Waals surface area (Å²) in [5.41, 5.74) is 0.330. The fraction of sp³-hybridized carbons (Fsp3) is 0.250. The molecule has 188 valence electrons. The minimum Gasteiger partial charge on any atom is -0.339 e. The van der Waals surface area contributed by atoms with Gasteiger partial charge in [0.05, 0.1) is 15.4 Å². The Balaban J connectivity index is 1.49. The zero-order chi connectivity index (χ0) is 25.9. The Bertz CT molecular complexity index is 1400. The van der Waals surface area contributed by atoms with Gasteiger partial charge >= 0.3 is 0 Å². The van der Waals surface area contributed by atoms with Crippen molar-refractivity contribution >= 4 is 50.5 Å². The number of carbonyl (C=O) groups excluding carboxylic acids is 2. The molecule has 12 heteroatoms. The second kappa shape index (κ2) is 10.9. The van der Waals surface area contributed by atoms with Gasteiger partial charge in [-0.15, -0.1) is 23.1 Å². The number of carbonyl (C=O) groups is 2. The normalized spacial score (nSPS) is 14.5. The average molecular weight is 546 g/mol. The monoisotopic (exact) mass is 545 g/mol. The van der Waals surface area contributed by atoms with Crippen molar-refractivity contribution in [3.63, 3.8) is 0 Å². The summed E-state index contributed by atoms with van der Waals surface area (Å²) >= 11 is 2.36. The summed E-state index contributed by atoms with van der Waals surface area (Å²) in [6.07, 6.45) is 2.59. The van der Waals surface area contributed by atoms with E-state index >= 15 is 0 Å². The Hall–Kier alpha value is -3.06. The maximum Gasteiger partial charge on any atom is 0.283 e. The highest BCUT2D eigenvalue weighted by Crippen LogP contribution is 2.30. The van der Waals surface area contributed by atoms with Crippen LogP contribution in [0.4, 0.5) is 5.69 Å². The largest absolute Gasteiger partial charge is 0.339 e. The Morgan fingerprint density at radius 2 is 1.78 bits per heavy atom. The van der Waals surface area contributed by atoms with E-state index in [1.165, 1.54) is 36.0 Å². The Labute approximate surface area is 216 Å². The SMILES string of the molecule is CSc1ccc(C(=O)c2ccccc2C(=O)N2CCC(NS(=O)(=O)c3cccs3)CC2)cc1[N+](=O)[O-]. The quantitative estimate of drug-likeness (QED) is 0.195. The van der Waals surface area contributed by atoms with Crippen molar-refractivity contribution in [2.45, 2.75) is 28.0 Å². The number of rotatable bonds is 8. The lowest BCUT2D eigenvalue weighted by Crippen LogP contribution is -2.46. The fourth-order valence-corrected chi connectivity index (χ4v) is 6.92. The van der Waals surface area contributed by atoms with Crippen molar-refractivity contribution in [3.8, 4) is 0 Å². The molecule has 0 aliphatic carbocycles. The van der Waals surface area contributed by atoms with E-state index in [0.29, 0.717) is 30.8 Å². The van der Waals surface area contributed by atoms with Gasteiger partial charge in [0.1, 0.15) is 4.21 Å². The molecule has 0 radical (unpaired) electrons. The first-order valence-electron chi connectivity index (χ1n) is 11.0. The Morgan fingerprint density at radius 1 is 1.08 bits per heavy atom. The molecule has 0 saturated carbocycles. The van der Waals surface area contributed by atoms with Gasteiger partial charge in [-0.3, -0.25) is 19.7 Å². The number of sulfonamides is 1. The standard InChI is InChI=1S/C24H23N3O6S3/c1-34-21-9-8-16(15-20(21)27(30)31)23(28)18-5-2-3-6-19(18)24(29)26-12-10-17(11-13-26)25-36(32,33)22-7-4-14-35-22/h2-9,14-15,17,25H,10-13H2,1H3. The Kier molecular flexibility index (Phi) is 7.88. The van der Waals surface area contributed by atoms with Gasteiger partial charge in [-0.25, -0.2) is 13.1 Å². The number of nitro groups is 1. The maximum atomic E-state index is 13.3. The second-order valence-corrected chi connectivity index (χ2v) is 11.9. The molecule has 4 rings (SSSR count). The van der Waals surface area contributed by atoms with E-state index < -0.39 is 20.7 Å². The number of thiophene rings is 1. The smallest absolute Gasteiger partial charge is 0.283 e. The molecule has 1 aromatic heterocycles. The zero-order valence-electron chi connectivity index (χ0n) is 19.2. The number of piperidine rings is 1. The molecule has 36 heavy (non-hydrogen) atoms. The van der Waals surface area contributed by atoms with E-state index in [-0.39, 0.29) is 38.5 Å². The molecule has 1 N–H and O–H groups in total. The summed E-state index contributed by atoms with van der Waals surface area (Å²) in [7, 11) is -3.60. The molecule has 1 saturated heterocycles. The highest BCUT2D eigenvalue weighted by atomic mass is 32.2. The first-order chi connectivity index (χ1) is 17.2. The van der Waals surface area contributed by atoms with Crippen LogP contribution in [0.2, 0.25) is 0 Å². The minimum atomic E-state index is -3.60. The van der Waals surface area contributed by atoms with Gasteiger partial charge in [0, 0.05) is 36.3 Å². The predicted octanol–water partition coefficient (Wildman–Crippen LogP) is 4.19. The van der Waals surface area contributed by atoms with Crippen LogP contribution < -0.4 is 4.72 Å². The lowest BCUT2D eigenvalue weighted by molar-refractivity contribution is -0.387. The van der Waals surface area contributed by atoms with Crippen molar-refractivity contribution in [1.29, 1.82) is 0 Å². The maximum absolute atomic E-state index is 13.3. The van der Waals surface area contributed by atoms with E-state index in [9.17, 15) is 28.1 Å². The highest BCUT2D eigenvalue weighted by Gasteiger charge is 2.29. The van der Waals surface area contributed by atoms with Gasteiger partial charge in [0.2, 0.25) is 10.0 Å². The predicted molar refractivity (Wildman–Crippen MR) is 138 cm³/mol. The summed E-state index contributed by atoms with van der Waals surface area (Å²) in [6.45, 7) is 0.653. The van der Waals surface area contributed by atoms with E-state index in [4.69, 9.17) is 0 Å². The van der Waals surface area contributed by atoms with Crippen LogP contribution in [0.5, 0.6) is 0 Å². The zero-order valence-corrected chi connectivity index (χ0v) is 21.7. The molecular formula is C24H23N3O6S3. The third-order valence-corrected chi connectivity index (χ3v) is 9.61. The molecule has 9 nitrogen and oxygen atoms in total. The number of likely N-dealkylation sites (tertiary alicyclic amines) is 1. The highest BCUT2D eigenvalue weighted by molar-refractivity contribution is 7.98. The average Bonchev–Trinajstić information content (AvgIpc) is 3.44. The fourth-order valence-electron chi connectivity index (χ4n) is 4.06. The van der Waals surface area contributed by atoms with Crippen LogP contribution in [-0.4, -0.2) is 55.3 Å². The molecule has 0 unspecified atom stereocenters. The summed E-state index contributed by atoms with van der Waals surface area (Å²) in [5.74, 6) is -0.818. The van der Waals surface area contributed by atoms with Crippen LogP contribution in [-0.2, 0) is 10.0 Å². The molecule has 0 spiro atoms. The van der Waals surface area contributed by atoms with Gasteiger partial charge in [-0.2, -0.15) is 0 Å². The lowest BCUT2D eigenvalue weighted by Gasteiger charge is -2.32. The van der Waals surface area contributed by atoms with Crippen LogP contribution in [0.25, 0.3) is 0 Å². The van der Waals surface area contributed by atoms with Crippen molar-refractivity contribution in [1.82, 2.24) is 9.62 Å². The number of nitrogens with zero attached hydrogens (tertiary/aromatic N) is 2. The molecule has 2 heterocycles. The van der Waals surface area contributed by atoms with E-state index in [1.54, 1.807) is 46.9 Å². The molecule has 1 aliphatic rings. The number of ketones is 1. The molecule has 1 fully saturated rings. The Morgan fingerprint density at radius 3 is 2.39 bits per heavy atom. The van der Waals surface area contributed by atoms with Gasteiger partial charge in [0.15, 0.2) is 5.78 Å². The number of thioether (sulfide) groups is 1. The lowest BCUT2D eigenvalue weighted by atomic mass is 9.96. The number of hydrogen-bond acceptors (Lipinski definition) is 8. The van der Waals surface area contributed by atoms with Crippen molar-refractivity contribution in [2.24, 2.45) is 0 Å². The summed E-state index contributed by atoms with van der Waals surface area (Å²) in [5, 5.41) is 13.1. The van der Waals surface area contributed by atoms with E-state index in [2.05, 4.69) is 4.72 Å². The third-order valence-electron chi connectivity index (χ3n) is 5.90. The summed E-state index contributed by atoms with van der Waals surface area (Å²) in [6, 6.07) is 13.6. The van der Waals surface area contributed by atoms with E-state index in [1.807, 2.05) is 0 Å². The first-order valence-corrected chi connectivity index (χ1v) is 14.6. The van der Waals surface area contributed by atoms with Crippen molar-refractivity contribution in [2.75, 3.05) is 19.3 Å². The molecule has 2 aromatic carbocycles. The van der Waals surface area contributed by atoms with Gasteiger partial charge in [-0.05, 0) is 48.7 Å². The van der Waals surface area contributed by atoms with Crippen molar-refractivity contribution < 1.29 is 22.9 Å². The van der Waals surface area contributed by atoms with Crippen LogP contribution in [0.15, 0.2) is 69.1 Å². The third kappa shape index (κ3) is 5.51. The van der Waals surface area contributed by atoms with Crippen molar-refractivity contribution in [3.05, 3.63) is 86.8 Å². The van der Waals surface area contributed by atoms with Crippen LogP contribution in [0.3, 0.4) is 0 Å². The molecule has 0 bridgehead atoms. The number of hydrogen-bond donors (Lipinski definition) is 1. The molecule has 1 amide bonds. The minimum absolute atomic E-state index is 0.126. The van der Waals surface area contributed by atoms with E-state index in [0.717, 1.165) is 11.3 Å². The summed E-state index contributed by atoms with van der Waals surface area (Å²) < 4.78 is 27.9. The first kappa shape index (κ1) is 26.0. The van der Waals surface area contributed by atoms with Crippen LogP contribution in [0.1, 0.15) is 39.1 Å². The number of nitrogens with one attached hydrogen (secondary N) is 1. The number of amides is 1. The second-order valence-electron chi connectivity index (χ2n) is 8.14. The van der Waals surface area contributed by atoms with Gasteiger partial charge in [0.25, 0.3) is 11.6 Å².